The number of carbonyl (C=O) groups is 1. The van der Waals surface area contributed by atoms with Crippen molar-refractivity contribution in [1.82, 2.24) is 0 Å². The lowest BCUT2D eigenvalue weighted by molar-refractivity contribution is 0.112. The number of aldehydes is 1. The van der Waals surface area contributed by atoms with Crippen LogP contribution in [0.4, 0.5) is 0 Å². The van der Waals surface area contributed by atoms with Crippen molar-refractivity contribution in [2.45, 2.75) is 39.5 Å². The van der Waals surface area contributed by atoms with E-state index in [-0.39, 0.29) is 17.6 Å². The van der Waals surface area contributed by atoms with Crippen LogP contribution in [0.3, 0.4) is 0 Å². The van der Waals surface area contributed by atoms with E-state index < -0.39 is 7.82 Å². The first-order valence-corrected chi connectivity index (χ1v) is 9.64. The van der Waals surface area contributed by atoms with Crippen LogP contribution < -0.4 is 4.52 Å². The Morgan fingerprint density at radius 2 is 1.40 bits per heavy atom. The summed E-state index contributed by atoms with van der Waals surface area (Å²) in [7, 11) is -4.66. The van der Waals surface area contributed by atoms with Crippen LogP contribution in [0.1, 0.15) is 61.0 Å². The molecule has 0 saturated heterocycles. The molecule has 0 aliphatic heterocycles. The molecule has 0 aliphatic carbocycles. The zero-order chi connectivity index (χ0) is 18.8. The number of phosphoric acid groups is 1. The van der Waals surface area contributed by atoms with Gasteiger partial charge in [-0.05, 0) is 46.2 Å². The topological polar surface area (TPSA) is 83.8 Å². The molecule has 2 aromatic carbocycles. The molecule has 0 saturated carbocycles. The van der Waals surface area contributed by atoms with Gasteiger partial charge < -0.3 is 4.52 Å². The third-order valence-corrected chi connectivity index (χ3v) is 4.40. The second-order valence-electron chi connectivity index (χ2n) is 6.61. The number of benzene rings is 2. The van der Waals surface area contributed by atoms with Crippen molar-refractivity contribution in [2.75, 3.05) is 0 Å². The van der Waals surface area contributed by atoms with Gasteiger partial charge in [0.05, 0.1) is 0 Å². The van der Waals surface area contributed by atoms with Gasteiger partial charge in [0.25, 0.3) is 0 Å². The smallest absolute Gasteiger partial charge is 0.404 e. The highest BCUT2D eigenvalue weighted by Crippen LogP contribution is 2.46. The molecule has 2 N–H and O–H groups in total. The normalized spacial score (nSPS) is 11.8. The van der Waals surface area contributed by atoms with Crippen molar-refractivity contribution in [3.05, 3.63) is 53.1 Å². The van der Waals surface area contributed by atoms with Crippen molar-refractivity contribution in [2.24, 2.45) is 0 Å². The minimum Gasteiger partial charge on any atom is -0.404 e. The second-order valence-corrected chi connectivity index (χ2v) is 7.78. The van der Waals surface area contributed by atoms with Gasteiger partial charge >= 0.3 is 7.82 Å². The summed E-state index contributed by atoms with van der Waals surface area (Å²) >= 11 is 0. The molecule has 134 valence electrons. The van der Waals surface area contributed by atoms with E-state index in [1.54, 1.807) is 12.1 Å². The summed E-state index contributed by atoms with van der Waals surface area (Å²) in [4.78, 5) is 29.4. The molecule has 0 amide bonds. The van der Waals surface area contributed by atoms with Gasteiger partial charge in [-0.3, -0.25) is 14.6 Å². The quantitative estimate of drug-likeness (QED) is 0.565. The summed E-state index contributed by atoms with van der Waals surface area (Å²) in [5.74, 6) is 0.299. The van der Waals surface area contributed by atoms with Gasteiger partial charge in [-0.1, -0.05) is 52.0 Å². The van der Waals surface area contributed by atoms with Crippen LogP contribution in [0.2, 0.25) is 0 Å². The number of phosphoric ester groups is 1. The molecule has 2 aromatic rings. The Labute approximate surface area is 147 Å². The fourth-order valence-corrected chi connectivity index (χ4v) is 3.13. The minimum atomic E-state index is -4.66. The van der Waals surface area contributed by atoms with Gasteiger partial charge in [-0.25, -0.2) is 4.57 Å². The van der Waals surface area contributed by atoms with E-state index in [2.05, 4.69) is 0 Å². The highest BCUT2D eigenvalue weighted by atomic mass is 31.2. The van der Waals surface area contributed by atoms with E-state index >= 15 is 0 Å². The first-order chi connectivity index (χ1) is 11.6. The summed E-state index contributed by atoms with van der Waals surface area (Å²) in [5.41, 5.74) is 3.92. The van der Waals surface area contributed by atoms with E-state index in [9.17, 15) is 19.1 Å². The van der Waals surface area contributed by atoms with Crippen molar-refractivity contribution >= 4 is 14.1 Å². The zero-order valence-electron chi connectivity index (χ0n) is 14.8. The molecule has 0 aliphatic rings. The predicted octanol–water partition coefficient (Wildman–Crippen LogP) is 4.88. The van der Waals surface area contributed by atoms with E-state index in [0.29, 0.717) is 5.56 Å². The van der Waals surface area contributed by atoms with Crippen LogP contribution in [0, 0.1) is 0 Å². The first-order valence-electron chi connectivity index (χ1n) is 8.11. The van der Waals surface area contributed by atoms with E-state index in [4.69, 9.17) is 4.52 Å². The lowest BCUT2D eigenvalue weighted by atomic mass is 9.89. The Bertz CT molecular complexity index is 774. The molecule has 0 radical (unpaired) electrons. The summed E-state index contributed by atoms with van der Waals surface area (Å²) in [5, 5.41) is 0. The molecule has 6 heteroatoms. The van der Waals surface area contributed by atoms with Crippen LogP contribution in [0.25, 0.3) is 11.1 Å². The molecule has 0 spiro atoms. The minimum absolute atomic E-state index is 0.0215. The molecule has 2 rings (SSSR count). The molecule has 5 nitrogen and oxygen atoms in total. The SMILES string of the molecule is CC(C)c1cc(-c2ccc(C=O)cc2)cc(C(C)C)c1OP(=O)(O)O. The van der Waals surface area contributed by atoms with Gasteiger partial charge in [0, 0.05) is 5.56 Å². The summed E-state index contributed by atoms with van der Waals surface area (Å²) in [6.07, 6.45) is 0.792. The van der Waals surface area contributed by atoms with Gasteiger partial charge in [0.15, 0.2) is 0 Å². The van der Waals surface area contributed by atoms with Crippen LogP contribution in [-0.2, 0) is 4.57 Å². The van der Waals surface area contributed by atoms with Gasteiger partial charge in [-0.15, -0.1) is 0 Å². The van der Waals surface area contributed by atoms with Crippen molar-refractivity contribution < 1.29 is 23.7 Å². The highest BCUT2D eigenvalue weighted by Gasteiger charge is 2.24. The molecule has 0 aromatic heterocycles. The Balaban J connectivity index is 2.67. The van der Waals surface area contributed by atoms with E-state index in [1.165, 1.54) is 0 Å². The average molecular weight is 362 g/mol. The van der Waals surface area contributed by atoms with Gasteiger partial charge in [-0.2, -0.15) is 0 Å². The molecule has 0 unspecified atom stereocenters. The van der Waals surface area contributed by atoms with Gasteiger partial charge in [0.2, 0.25) is 0 Å². The molecular weight excluding hydrogens is 339 g/mol. The molecule has 25 heavy (non-hydrogen) atoms. The molecule has 0 heterocycles. The Morgan fingerprint density at radius 3 is 1.76 bits per heavy atom. The van der Waals surface area contributed by atoms with Crippen LogP contribution in [0.5, 0.6) is 5.75 Å². The van der Waals surface area contributed by atoms with Crippen LogP contribution >= 0.6 is 7.82 Å². The molecule has 0 bridgehead atoms. The second kappa shape index (κ2) is 7.52. The summed E-state index contributed by atoms with van der Waals surface area (Å²) in [6.45, 7) is 7.80. The maximum Gasteiger partial charge on any atom is 0.524 e. The fourth-order valence-electron chi connectivity index (χ4n) is 2.68. The summed E-state index contributed by atoms with van der Waals surface area (Å²) in [6, 6.07) is 11.0. The van der Waals surface area contributed by atoms with E-state index in [1.807, 2.05) is 52.0 Å². The van der Waals surface area contributed by atoms with Crippen LogP contribution in [0.15, 0.2) is 36.4 Å². The number of hydrogen-bond acceptors (Lipinski definition) is 3. The maximum atomic E-state index is 11.4. The lowest BCUT2D eigenvalue weighted by Gasteiger charge is -2.22. The number of rotatable bonds is 6. The largest absolute Gasteiger partial charge is 0.524 e. The van der Waals surface area contributed by atoms with Crippen LogP contribution in [-0.4, -0.2) is 16.1 Å². The molecule has 0 fully saturated rings. The molecule has 0 atom stereocenters. The van der Waals surface area contributed by atoms with Crippen molar-refractivity contribution in [3.63, 3.8) is 0 Å². The lowest BCUT2D eigenvalue weighted by Crippen LogP contribution is -2.03. The maximum absolute atomic E-state index is 11.4. The van der Waals surface area contributed by atoms with E-state index in [0.717, 1.165) is 28.5 Å². The first kappa shape index (κ1) is 19.4. The Morgan fingerprint density at radius 1 is 0.920 bits per heavy atom. The number of carbonyl (C=O) groups excluding carboxylic acids is 1. The summed E-state index contributed by atoms with van der Waals surface area (Å²) < 4.78 is 16.4. The average Bonchev–Trinajstić information content (AvgIpc) is 2.53. The highest BCUT2D eigenvalue weighted by molar-refractivity contribution is 7.46. The predicted molar refractivity (Wildman–Crippen MR) is 98.1 cm³/mol. The Hall–Kier alpha value is -1.94. The third-order valence-electron chi connectivity index (χ3n) is 3.98. The standard InChI is InChI=1S/C19H23O5P/c1-12(2)17-9-16(15-7-5-14(11-20)6-8-15)10-18(13(3)4)19(17)24-25(21,22)23/h5-13H,1-4H3,(H2,21,22,23). The molecular formula is C19H23O5P. The third kappa shape index (κ3) is 4.79. The number of hydrogen-bond donors (Lipinski definition) is 2. The van der Waals surface area contributed by atoms with Crippen molar-refractivity contribution in [1.29, 1.82) is 0 Å². The van der Waals surface area contributed by atoms with Crippen molar-refractivity contribution in [3.8, 4) is 16.9 Å². The van der Waals surface area contributed by atoms with Gasteiger partial charge in [0.1, 0.15) is 12.0 Å². The fraction of sp³-hybridized carbons (Fsp3) is 0.316. The Kier molecular flexibility index (Phi) is 5.83. The monoisotopic (exact) mass is 362 g/mol. The zero-order valence-corrected chi connectivity index (χ0v) is 15.7.